The van der Waals surface area contributed by atoms with E-state index in [9.17, 15) is 9.90 Å². The van der Waals surface area contributed by atoms with Crippen LogP contribution in [0.2, 0.25) is 0 Å². The molecule has 4 atom stereocenters. The Morgan fingerprint density at radius 3 is 2.85 bits per heavy atom. The molecule has 1 saturated carbocycles. The quantitative estimate of drug-likeness (QED) is 0.900. The molecule has 1 unspecified atom stereocenters. The molecule has 0 spiro atoms. The van der Waals surface area contributed by atoms with Crippen LogP contribution in [0.25, 0.3) is 0 Å². The fourth-order valence-electron chi connectivity index (χ4n) is 4.42. The van der Waals surface area contributed by atoms with Crippen LogP contribution in [-0.2, 0) is 16.6 Å². The highest BCUT2D eigenvalue weighted by molar-refractivity contribution is 5.74. The largest absolute Gasteiger partial charge is 0.497 e. The van der Waals surface area contributed by atoms with Gasteiger partial charge in [0.1, 0.15) is 5.75 Å². The van der Waals surface area contributed by atoms with E-state index in [1.165, 1.54) is 11.1 Å². The molecule has 0 aliphatic heterocycles. The summed E-state index contributed by atoms with van der Waals surface area (Å²) >= 11 is 0. The minimum absolute atomic E-state index is 0.257. The number of carbonyl (C=O) groups is 1. The van der Waals surface area contributed by atoms with Crippen molar-refractivity contribution in [1.82, 2.24) is 0 Å². The summed E-state index contributed by atoms with van der Waals surface area (Å²) in [4.78, 5) is 11.9. The molecule has 3 heteroatoms. The Bertz CT molecular complexity index is 551. The standard InChI is InChI=1S/C17H22O3/c1-10-6-7-17(2)14-9-12(20-3)5-4-11(14)8-13(10)15(17)16(18)19/h4-5,9-10,13,15H,6-8H2,1-3H3,(H,18,19)/t10?,13-,15+,17-/m0/s1. The zero-order valence-corrected chi connectivity index (χ0v) is 12.3. The van der Waals surface area contributed by atoms with Crippen molar-refractivity contribution >= 4 is 5.97 Å². The molecule has 0 heterocycles. The van der Waals surface area contributed by atoms with Crippen molar-refractivity contribution in [2.24, 2.45) is 17.8 Å². The van der Waals surface area contributed by atoms with Gasteiger partial charge in [-0.3, -0.25) is 4.79 Å². The zero-order chi connectivity index (χ0) is 14.5. The summed E-state index contributed by atoms with van der Waals surface area (Å²) in [6.45, 7) is 4.33. The van der Waals surface area contributed by atoms with Crippen molar-refractivity contribution < 1.29 is 14.6 Å². The normalized spacial score (nSPS) is 35.2. The first kappa shape index (κ1) is 13.5. The first-order valence-corrected chi connectivity index (χ1v) is 7.37. The number of carboxylic acids is 1. The highest BCUT2D eigenvalue weighted by Gasteiger charge is 2.53. The molecule has 20 heavy (non-hydrogen) atoms. The predicted molar refractivity (Wildman–Crippen MR) is 77.1 cm³/mol. The highest BCUT2D eigenvalue weighted by Crippen LogP contribution is 2.54. The lowest BCUT2D eigenvalue weighted by Gasteiger charge is -2.51. The van der Waals surface area contributed by atoms with E-state index < -0.39 is 5.97 Å². The van der Waals surface area contributed by atoms with Gasteiger partial charge in [0, 0.05) is 5.41 Å². The number of hydrogen-bond acceptors (Lipinski definition) is 2. The van der Waals surface area contributed by atoms with E-state index in [1.807, 2.05) is 6.07 Å². The molecule has 2 aliphatic carbocycles. The Morgan fingerprint density at radius 2 is 2.20 bits per heavy atom. The maximum Gasteiger partial charge on any atom is 0.307 e. The smallest absolute Gasteiger partial charge is 0.307 e. The second kappa shape index (κ2) is 4.51. The summed E-state index contributed by atoms with van der Waals surface area (Å²) in [6.07, 6.45) is 2.94. The molecule has 108 valence electrons. The van der Waals surface area contributed by atoms with E-state index >= 15 is 0 Å². The van der Waals surface area contributed by atoms with Crippen LogP contribution in [-0.4, -0.2) is 18.2 Å². The average molecular weight is 274 g/mol. The van der Waals surface area contributed by atoms with Gasteiger partial charge in [-0.05, 0) is 54.4 Å². The molecule has 3 rings (SSSR count). The summed E-state index contributed by atoms with van der Waals surface area (Å²) < 4.78 is 5.33. The van der Waals surface area contributed by atoms with Crippen LogP contribution in [0.5, 0.6) is 5.75 Å². The van der Waals surface area contributed by atoms with E-state index in [2.05, 4.69) is 26.0 Å². The third kappa shape index (κ3) is 1.75. The van der Waals surface area contributed by atoms with Gasteiger partial charge in [0.2, 0.25) is 0 Å². The number of carboxylic acid groups (broad SMARTS) is 1. The molecule has 0 saturated heterocycles. The lowest BCUT2D eigenvalue weighted by molar-refractivity contribution is -0.150. The molecule has 1 N–H and O–H groups in total. The van der Waals surface area contributed by atoms with Gasteiger partial charge in [-0.15, -0.1) is 0 Å². The molecule has 2 aliphatic rings. The van der Waals surface area contributed by atoms with Crippen LogP contribution < -0.4 is 4.74 Å². The summed E-state index contributed by atoms with van der Waals surface area (Å²) in [7, 11) is 1.66. The lowest BCUT2D eigenvalue weighted by atomic mass is 9.51. The lowest BCUT2D eigenvalue weighted by Crippen LogP contribution is -2.52. The summed E-state index contributed by atoms with van der Waals surface area (Å²) in [5, 5.41) is 9.75. The van der Waals surface area contributed by atoms with Crippen molar-refractivity contribution in [1.29, 1.82) is 0 Å². The topological polar surface area (TPSA) is 46.5 Å². The van der Waals surface area contributed by atoms with Gasteiger partial charge < -0.3 is 9.84 Å². The van der Waals surface area contributed by atoms with Crippen LogP contribution in [0, 0.1) is 17.8 Å². The van der Waals surface area contributed by atoms with Crippen molar-refractivity contribution in [2.45, 2.75) is 38.5 Å². The fraction of sp³-hybridized carbons (Fsp3) is 0.588. The molecule has 0 amide bonds. The SMILES string of the molecule is COc1ccc2c(c1)[C@]1(C)CCC(C)[C@H](C2)[C@@H]1C(=O)O. The Balaban J connectivity index is 2.17. The van der Waals surface area contributed by atoms with Crippen molar-refractivity contribution in [2.75, 3.05) is 7.11 Å². The Morgan fingerprint density at radius 1 is 1.45 bits per heavy atom. The second-order valence-electron chi connectivity index (χ2n) is 6.64. The van der Waals surface area contributed by atoms with Crippen molar-refractivity contribution in [3.05, 3.63) is 29.3 Å². The number of ether oxygens (including phenoxy) is 1. The molecule has 1 aromatic rings. The van der Waals surface area contributed by atoms with E-state index in [1.54, 1.807) is 7.11 Å². The number of aliphatic carboxylic acids is 1. The fourth-order valence-corrected chi connectivity index (χ4v) is 4.42. The minimum atomic E-state index is -0.641. The molecular formula is C17H22O3. The van der Waals surface area contributed by atoms with E-state index in [0.29, 0.717) is 5.92 Å². The molecule has 1 aromatic carbocycles. The van der Waals surface area contributed by atoms with Crippen LogP contribution >= 0.6 is 0 Å². The first-order chi connectivity index (χ1) is 9.47. The monoisotopic (exact) mass is 274 g/mol. The Hall–Kier alpha value is -1.51. The molecule has 3 nitrogen and oxygen atoms in total. The van der Waals surface area contributed by atoms with Gasteiger partial charge in [-0.2, -0.15) is 0 Å². The van der Waals surface area contributed by atoms with Gasteiger partial charge in [-0.25, -0.2) is 0 Å². The summed E-state index contributed by atoms with van der Waals surface area (Å²) in [6, 6.07) is 6.16. The first-order valence-electron chi connectivity index (χ1n) is 7.37. The Labute approximate surface area is 120 Å². The van der Waals surface area contributed by atoms with Crippen LogP contribution in [0.1, 0.15) is 37.8 Å². The summed E-state index contributed by atoms with van der Waals surface area (Å²) in [5.74, 6) is 0.654. The molecule has 2 bridgehead atoms. The van der Waals surface area contributed by atoms with Gasteiger partial charge in [0.15, 0.2) is 0 Å². The van der Waals surface area contributed by atoms with E-state index in [0.717, 1.165) is 25.0 Å². The van der Waals surface area contributed by atoms with Gasteiger partial charge in [-0.1, -0.05) is 19.9 Å². The molecule has 0 aromatic heterocycles. The summed E-state index contributed by atoms with van der Waals surface area (Å²) in [5.41, 5.74) is 2.24. The van der Waals surface area contributed by atoms with E-state index in [4.69, 9.17) is 4.74 Å². The third-order valence-corrected chi connectivity index (χ3v) is 5.62. The molecular weight excluding hydrogens is 252 g/mol. The predicted octanol–water partition coefficient (Wildman–Crippen LogP) is 3.26. The maximum atomic E-state index is 11.9. The van der Waals surface area contributed by atoms with E-state index in [-0.39, 0.29) is 17.3 Å². The second-order valence-corrected chi connectivity index (χ2v) is 6.64. The minimum Gasteiger partial charge on any atom is -0.497 e. The maximum absolute atomic E-state index is 11.9. The third-order valence-electron chi connectivity index (χ3n) is 5.62. The molecule has 0 radical (unpaired) electrons. The zero-order valence-electron chi connectivity index (χ0n) is 12.3. The van der Waals surface area contributed by atoms with Gasteiger partial charge in [0.05, 0.1) is 13.0 Å². The van der Waals surface area contributed by atoms with Gasteiger partial charge in [0.25, 0.3) is 0 Å². The van der Waals surface area contributed by atoms with Crippen LogP contribution in [0.4, 0.5) is 0 Å². The Kier molecular flexibility index (Phi) is 3.03. The van der Waals surface area contributed by atoms with Crippen LogP contribution in [0.3, 0.4) is 0 Å². The number of fused-ring (bicyclic) bond motifs is 4. The molecule has 1 fully saturated rings. The van der Waals surface area contributed by atoms with Gasteiger partial charge >= 0.3 is 5.97 Å². The van der Waals surface area contributed by atoms with Crippen molar-refractivity contribution in [3.8, 4) is 5.75 Å². The number of benzene rings is 1. The van der Waals surface area contributed by atoms with Crippen LogP contribution in [0.15, 0.2) is 18.2 Å². The number of hydrogen-bond donors (Lipinski definition) is 1. The number of methoxy groups -OCH3 is 1. The number of rotatable bonds is 2. The highest BCUT2D eigenvalue weighted by atomic mass is 16.5. The average Bonchev–Trinajstić information content (AvgIpc) is 2.42. The van der Waals surface area contributed by atoms with Crippen molar-refractivity contribution in [3.63, 3.8) is 0 Å².